The molecule has 0 amide bonds. The van der Waals surface area contributed by atoms with E-state index in [0.717, 1.165) is 77.9 Å². The standard InChI is InChI=1S/C33H39N5O4S/c1-22-15-26(25-6-8-30(41-3)31(18-25)42-4)17-29-32(22)35-21-36-33(29)38-14-11-24-5-7-28(16-27(24)20-38)43(39,40)37(2)19-23-9-12-34-13-10-23/h5-8,15-18,21,23,34H,9-14,19-20H2,1-4H3. The maximum absolute atomic E-state index is 13.6. The molecule has 0 aliphatic carbocycles. The number of benzene rings is 3. The van der Waals surface area contributed by atoms with Gasteiger partial charge in [0.2, 0.25) is 10.0 Å². The molecule has 1 aromatic heterocycles. The Morgan fingerprint density at radius 1 is 0.953 bits per heavy atom. The van der Waals surface area contributed by atoms with E-state index < -0.39 is 10.0 Å². The van der Waals surface area contributed by atoms with Crippen LogP contribution in [0.15, 0.2) is 59.8 Å². The van der Waals surface area contributed by atoms with E-state index in [1.807, 2.05) is 30.3 Å². The second-order valence-corrected chi connectivity index (χ2v) is 13.6. The van der Waals surface area contributed by atoms with E-state index in [0.29, 0.717) is 35.4 Å². The lowest BCUT2D eigenvalue weighted by molar-refractivity contribution is 0.311. The lowest BCUT2D eigenvalue weighted by Crippen LogP contribution is -2.37. The fourth-order valence-electron chi connectivity index (χ4n) is 6.35. The minimum Gasteiger partial charge on any atom is -0.493 e. The minimum absolute atomic E-state index is 0.351. The van der Waals surface area contributed by atoms with Crippen molar-refractivity contribution in [1.82, 2.24) is 19.6 Å². The van der Waals surface area contributed by atoms with Gasteiger partial charge in [-0.3, -0.25) is 0 Å². The fourth-order valence-corrected chi connectivity index (χ4v) is 7.65. The molecule has 43 heavy (non-hydrogen) atoms. The van der Waals surface area contributed by atoms with Crippen LogP contribution in [0.1, 0.15) is 29.5 Å². The van der Waals surface area contributed by atoms with Crippen LogP contribution in [0.5, 0.6) is 11.5 Å². The largest absolute Gasteiger partial charge is 0.493 e. The SMILES string of the molecule is COc1ccc(-c2cc(C)c3ncnc(N4CCc5ccc(S(=O)(=O)N(C)CC6CCNCC6)cc5C4)c3c2)cc1OC. The predicted molar refractivity (Wildman–Crippen MR) is 169 cm³/mol. The first-order valence-corrected chi connectivity index (χ1v) is 16.2. The first-order valence-electron chi connectivity index (χ1n) is 14.8. The molecule has 0 atom stereocenters. The Morgan fingerprint density at radius 3 is 2.51 bits per heavy atom. The number of hydrogen-bond acceptors (Lipinski definition) is 8. The van der Waals surface area contributed by atoms with Crippen LogP contribution in [0, 0.1) is 12.8 Å². The smallest absolute Gasteiger partial charge is 0.242 e. The molecule has 0 bridgehead atoms. The molecule has 1 saturated heterocycles. The van der Waals surface area contributed by atoms with Gasteiger partial charge in [-0.05, 0) is 109 Å². The number of hydrogen-bond donors (Lipinski definition) is 1. The molecule has 0 saturated carbocycles. The Balaban J connectivity index is 1.31. The van der Waals surface area contributed by atoms with Gasteiger partial charge in [0.05, 0.1) is 24.6 Å². The van der Waals surface area contributed by atoms with Gasteiger partial charge < -0.3 is 19.7 Å². The van der Waals surface area contributed by atoms with Crippen LogP contribution >= 0.6 is 0 Å². The summed E-state index contributed by atoms with van der Waals surface area (Å²) in [5, 5.41) is 4.31. The van der Waals surface area contributed by atoms with Crippen molar-refractivity contribution in [3.63, 3.8) is 0 Å². The van der Waals surface area contributed by atoms with Gasteiger partial charge in [0, 0.05) is 32.1 Å². The van der Waals surface area contributed by atoms with E-state index in [4.69, 9.17) is 14.5 Å². The third-order valence-electron chi connectivity index (χ3n) is 8.80. The number of methoxy groups -OCH3 is 2. The highest BCUT2D eigenvalue weighted by Crippen LogP contribution is 2.37. The summed E-state index contributed by atoms with van der Waals surface area (Å²) in [7, 11) is 1.38. The number of aryl methyl sites for hydroxylation is 1. The molecule has 2 aliphatic heterocycles. The summed E-state index contributed by atoms with van der Waals surface area (Å²) >= 11 is 0. The minimum atomic E-state index is -3.59. The molecule has 3 aromatic carbocycles. The lowest BCUT2D eigenvalue weighted by Gasteiger charge is -2.31. The summed E-state index contributed by atoms with van der Waals surface area (Å²) in [4.78, 5) is 11.9. The van der Waals surface area contributed by atoms with Crippen LogP contribution in [0.25, 0.3) is 22.0 Å². The highest BCUT2D eigenvalue weighted by atomic mass is 32.2. The van der Waals surface area contributed by atoms with Crippen molar-refractivity contribution in [3.05, 3.63) is 71.5 Å². The molecule has 1 fully saturated rings. The average molecular weight is 602 g/mol. The topological polar surface area (TPSA) is 96.9 Å². The number of nitrogens with one attached hydrogen (secondary N) is 1. The molecule has 1 N–H and O–H groups in total. The monoisotopic (exact) mass is 601 g/mol. The van der Waals surface area contributed by atoms with Crippen LogP contribution in [-0.2, 0) is 23.0 Å². The van der Waals surface area contributed by atoms with Crippen LogP contribution in [-0.4, -0.2) is 70.1 Å². The quantitative estimate of drug-likeness (QED) is 0.308. The Morgan fingerprint density at radius 2 is 1.74 bits per heavy atom. The van der Waals surface area contributed by atoms with Crippen molar-refractivity contribution >= 4 is 26.7 Å². The normalized spacial score (nSPS) is 16.0. The highest BCUT2D eigenvalue weighted by Gasteiger charge is 2.27. The van der Waals surface area contributed by atoms with Crippen molar-refractivity contribution < 1.29 is 17.9 Å². The zero-order chi connectivity index (χ0) is 30.1. The van der Waals surface area contributed by atoms with Crippen LogP contribution in [0.3, 0.4) is 0 Å². The molecule has 10 heteroatoms. The number of rotatable bonds is 8. The molecular formula is C33H39N5O4S. The summed E-state index contributed by atoms with van der Waals surface area (Å²) in [6.07, 6.45) is 4.42. The number of ether oxygens (including phenoxy) is 2. The van der Waals surface area contributed by atoms with Crippen LogP contribution in [0.4, 0.5) is 5.82 Å². The predicted octanol–water partition coefficient (Wildman–Crippen LogP) is 4.81. The molecule has 6 rings (SSSR count). The van der Waals surface area contributed by atoms with Gasteiger partial charge in [0.15, 0.2) is 11.5 Å². The van der Waals surface area contributed by atoms with Gasteiger partial charge in [-0.2, -0.15) is 0 Å². The van der Waals surface area contributed by atoms with Crippen molar-refractivity contribution in [1.29, 1.82) is 0 Å². The van der Waals surface area contributed by atoms with Gasteiger partial charge >= 0.3 is 0 Å². The van der Waals surface area contributed by atoms with Crippen LogP contribution < -0.4 is 19.7 Å². The average Bonchev–Trinajstić information content (AvgIpc) is 3.04. The summed E-state index contributed by atoms with van der Waals surface area (Å²) in [5.41, 5.74) is 6.18. The van der Waals surface area contributed by atoms with Gasteiger partial charge in [0.25, 0.3) is 0 Å². The zero-order valence-corrected chi connectivity index (χ0v) is 26.1. The van der Waals surface area contributed by atoms with Crippen molar-refractivity contribution in [3.8, 4) is 22.6 Å². The number of piperidine rings is 1. The molecule has 0 spiro atoms. The summed E-state index contributed by atoms with van der Waals surface area (Å²) < 4.78 is 39.7. The molecule has 226 valence electrons. The van der Waals surface area contributed by atoms with Gasteiger partial charge in [-0.25, -0.2) is 22.7 Å². The molecule has 3 heterocycles. The van der Waals surface area contributed by atoms with Crippen molar-refractivity contribution in [2.24, 2.45) is 5.92 Å². The molecule has 0 radical (unpaired) electrons. The maximum Gasteiger partial charge on any atom is 0.242 e. The zero-order valence-electron chi connectivity index (χ0n) is 25.3. The molecule has 4 aromatic rings. The van der Waals surface area contributed by atoms with E-state index in [2.05, 4.69) is 34.3 Å². The number of sulfonamides is 1. The third kappa shape index (κ3) is 5.79. The third-order valence-corrected chi connectivity index (χ3v) is 10.6. The van der Waals surface area contributed by atoms with E-state index in [9.17, 15) is 8.42 Å². The molecule has 0 unspecified atom stereocenters. The fraction of sp³-hybridized carbons (Fsp3) is 0.394. The summed E-state index contributed by atoms with van der Waals surface area (Å²) in [6.45, 7) is 5.84. The van der Waals surface area contributed by atoms with Crippen molar-refractivity contribution in [2.75, 3.05) is 52.3 Å². The van der Waals surface area contributed by atoms with Gasteiger partial charge in [0.1, 0.15) is 12.1 Å². The van der Waals surface area contributed by atoms with Crippen molar-refractivity contribution in [2.45, 2.75) is 37.6 Å². The molecule has 2 aliphatic rings. The van der Waals surface area contributed by atoms with E-state index in [-0.39, 0.29) is 0 Å². The van der Waals surface area contributed by atoms with E-state index in [1.54, 1.807) is 33.7 Å². The van der Waals surface area contributed by atoms with E-state index >= 15 is 0 Å². The first kappa shape index (κ1) is 29.3. The first-order chi connectivity index (χ1) is 20.8. The number of aromatic nitrogens is 2. The maximum atomic E-state index is 13.6. The molecular weight excluding hydrogens is 562 g/mol. The number of anilines is 1. The summed E-state index contributed by atoms with van der Waals surface area (Å²) in [6, 6.07) is 15.8. The van der Waals surface area contributed by atoms with Gasteiger partial charge in [-0.1, -0.05) is 12.1 Å². The Labute approximate surface area is 253 Å². The van der Waals surface area contributed by atoms with Gasteiger partial charge in [-0.15, -0.1) is 0 Å². The van der Waals surface area contributed by atoms with Crippen LogP contribution in [0.2, 0.25) is 0 Å². The lowest BCUT2D eigenvalue weighted by atomic mass is 9.97. The second-order valence-electron chi connectivity index (χ2n) is 11.5. The van der Waals surface area contributed by atoms with E-state index in [1.165, 1.54) is 9.87 Å². The summed E-state index contributed by atoms with van der Waals surface area (Å²) in [5.74, 6) is 2.57. The second kappa shape index (κ2) is 12.1. The number of nitrogens with zero attached hydrogens (tertiary/aromatic N) is 4. The highest BCUT2D eigenvalue weighted by molar-refractivity contribution is 7.89. The Kier molecular flexibility index (Phi) is 8.26. The Bertz CT molecular complexity index is 1750. The Hall–Kier alpha value is -3.73. The molecule has 9 nitrogen and oxygen atoms in total. The number of fused-ring (bicyclic) bond motifs is 2.